The van der Waals surface area contributed by atoms with Crippen molar-refractivity contribution >= 4 is 21.2 Å². The average molecular weight is 265 g/mol. The van der Waals surface area contributed by atoms with Gasteiger partial charge in [0.2, 0.25) is 0 Å². The van der Waals surface area contributed by atoms with Gasteiger partial charge in [0.25, 0.3) is 9.04 Å². The molecule has 6 nitrogen and oxygen atoms in total. The maximum atomic E-state index is 11.2. The summed E-state index contributed by atoms with van der Waals surface area (Å²) in [4.78, 5) is 22.2. The van der Waals surface area contributed by atoms with Crippen LogP contribution in [0.25, 0.3) is 0 Å². The second-order valence-electron chi connectivity index (χ2n) is 3.66. The number of rotatable bonds is 2. The van der Waals surface area contributed by atoms with Crippen LogP contribution in [0.2, 0.25) is 13.1 Å². The molecule has 95 valence electrons. The summed E-state index contributed by atoms with van der Waals surface area (Å²) >= 11 is 0. The molecule has 0 saturated carbocycles. The Morgan fingerprint density at radius 3 is 2.44 bits per heavy atom. The van der Waals surface area contributed by atoms with E-state index in [-0.39, 0.29) is 0 Å². The number of azo groups is 1. The molecule has 1 radical (unpaired) electrons. The van der Waals surface area contributed by atoms with Gasteiger partial charge in [-0.05, 0) is 37.7 Å². The molecular formula is C11H13N2O4Si. The van der Waals surface area contributed by atoms with Crippen LogP contribution in [0, 0.1) is 6.92 Å². The van der Waals surface area contributed by atoms with Crippen molar-refractivity contribution in [2.75, 3.05) is 0 Å². The topological polar surface area (TPSA) is 77.3 Å². The van der Waals surface area contributed by atoms with Gasteiger partial charge in [-0.2, -0.15) is 0 Å². The van der Waals surface area contributed by atoms with E-state index >= 15 is 0 Å². The Morgan fingerprint density at radius 2 is 1.83 bits per heavy atom. The molecule has 18 heavy (non-hydrogen) atoms. The summed E-state index contributed by atoms with van der Waals surface area (Å²) in [5.41, 5.74) is 0.945. The van der Waals surface area contributed by atoms with E-state index in [0.717, 1.165) is 5.56 Å². The van der Waals surface area contributed by atoms with Crippen LogP contribution in [0.4, 0.5) is 9.59 Å². The molecule has 1 rings (SSSR count). The highest BCUT2D eigenvalue weighted by atomic mass is 28.3. The molecule has 7 heteroatoms. The third-order valence-corrected chi connectivity index (χ3v) is 2.28. The predicted molar refractivity (Wildman–Crippen MR) is 66.0 cm³/mol. The zero-order valence-corrected chi connectivity index (χ0v) is 11.3. The van der Waals surface area contributed by atoms with Crippen molar-refractivity contribution < 1.29 is 18.8 Å². The first kappa shape index (κ1) is 14.0. The number of aryl methyl sites for hydroxylation is 1. The average Bonchev–Trinajstić information content (AvgIpc) is 2.25. The first-order valence-electron chi connectivity index (χ1n) is 5.19. The van der Waals surface area contributed by atoms with Gasteiger partial charge in [0.05, 0.1) is 0 Å². The van der Waals surface area contributed by atoms with E-state index in [1.807, 2.05) is 13.0 Å². The lowest BCUT2D eigenvalue weighted by Crippen LogP contribution is -2.12. The lowest BCUT2D eigenvalue weighted by Gasteiger charge is -2.01. The Balaban J connectivity index is 2.51. The molecule has 0 bridgehead atoms. The second-order valence-corrected chi connectivity index (χ2v) is 5.68. The van der Waals surface area contributed by atoms with Crippen LogP contribution in [0.5, 0.6) is 5.75 Å². The molecule has 1 aromatic carbocycles. The highest BCUT2D eigenvalue weighted by Crippen LogP contribution is 2.12. The fraction of sp³-hybridized carbons (Fsp3) is 0.273. The molecule has 0 aliphatic carbocycles. The molecule has 0 aromatic heterocycles. The highest BCUT2D eigenvalue weighted by molar-refractivity contribution is 6.50. The molecule has 0 unspecified atom stereocenters. The number of nitrogens with zero attached hydrogens (tertiary/aromatic N) is 2. The Hall–Kier alpha value is -2.02. The molecule has 2 amide bonds. The van der Waals surface area contributed by atoms with E-state index in [0.29, 0.717) is 5.75 Å². The zero-order valence-electron chi connectivity index (χ0n) is 10.3. The monoisotopic (exact) mass is 265 g/mol. The van der Waals surface area contributed by atoms with Gasteiger partial charge < -0.3 is 9.16 Å². The molecule has 0 atom stereocenters. The van der Waals surface area contributed by atoms with Gasteiger partial charge in [-0.25, -0.2) is 9.59 Å². The standard InChI is InChI=1S/C11H13N2O4Si/c1-8-5-4-6-9(7-8)16-10(14)12-13-11(15)17-18(2)3/h4-7H,1-3H3. The van der Waals surface area contributed by atoms with Crippen molar-refractivity contribution in [1.29, 1.82) is 0 Å². The van der Waals surface area contributed by atoms with E-state index in [1.165, 1.54) is 0 Å². The van der Waals surface area contributed by atoms with Gasteiger partial charge in [0.15, 0.2) is 0 Å². The number of hydrogen-bond donors (Lipinski definition) is 0. The van der Waals surface area contributed by atoms with Gasteiger partial charge in [-0.1, -0.05) is 22.4 Å². The van der Waals surface area contributed by atoms with Crippen molar-refractivity contribution in [3.8, 4) is 5.75 Å². The van der Waals surface area contributed by atoms with Crippen LogP contribution in [-0.2, 0) is 4.43 Å². The van der Waals surface area contributed by atoms with Crippen LogP contribution in [0.1, 0.15) is 5.56 Å². The van der Waals surface area contributed by atoms with Crippen LogP contribution >= 0.6 is 0 Å². The van der Waals surface area contributed by atoms with Crippen molar-refractivity contribution in [2.24, 2.45) is 10.2 Å². The SMILES string of the molecule is Cc1cccc(OC(=O)N=NC(=O)O[Si](C)C)c1. The molecule has 0 N–H and O–H groups in total. The van der Waals surface area contributed by atoms with Crippen LogP contribution in [0.15, 0.2) is 34.5 Å². The minimum Gasteiger partial charge on any atom is -0.500 e. The molecular weight excluding hydrogens is 252 g/mol. The first-order valence-corrected chi connectivity index (χ1v) is 7.60. The Labute approximate surface area is 106 Å². The number of ether oxygens (including phenoxy) is 1. The Bertz CT molecular complexity index is 474. The number of carbonyl (C=O) groups excluding carboxylic acids is 2. The third-order valence-electron chi connectivity index (χ3n) is 1.70. The summed E-state index contributed by atoms with van der Waals surface area (Å²) in [6, 6.07) is 6.89. The number of carbonyl (C=O) groups is 2. The molecule has 0 aliphatic heterocycles. The minimum absolute atomic E-state index is 0.350. The molecule has 0 aliphatic rings. The predicted octanol–water partition coefficient (Wildman–Crippen LogP) is 3.33. The maximum Gasteiger partial charge on any atom is 0.458 e. The van der Waals surface area contributed by atoms with Crippen LogP contribution in [0.3, 0.4) is 0 Å². The van der Waals surface area contributed by atoms with E-state index in [1.54, 1.807) is 31.3 Å². The third kappa shape index (κ3) is 5.35. The number of hydrogen-bond acceptors (Lipinski definition) is 4. The van der Waals surface area contributed by atoms with Crippen LogP contribution < -0.4 is 4.74 Å². The normalized spacial score (nSPS) is 10.7. The second kappa shape index (κ2) is 6.65. The molecule has 1 aromatic rings. The molecule has 0 fully saturated rings. The fourth-order valence-electron chi connectivity index (χ4n) is 1.08. The van der Waals surface area contributed by atoms with Gasteiger partial charge in [0, 0.05) is 0 Å². The molecule has 0 heterocycles. The van der Waals surface area contributed by atoms with E-state index in [2.05, 4.69) is 10.2 Å². The minimum atomic E-state index is -1.20. The summed E-state index contributed by atoms with van der Waals surface area (Å²) in [5, 5.41) is 6.21. The van der Waals surface area contributed by atoms with Gasteiger partial charge in [0.1, 0.15) is 5.75 Å². The smallest absolute Gasteiger partial charge is 0.458 e. The summed E-state index contributed by atoms with van der Waals surface area (Å²) in [5.74, 6) is 0.350. The molecule has 0 saturated heterocycles. The van der Waals surface area contributed by atoms with Gasteiger partial charge in [-0.15, -0.1) is 0 Å². The van der Waals surface area contributed by atoms with Crippen molar-refractivity contribution in [3.05, 3.63) is 29.8 Å². The van der Waals surface area contributed by atoms with E-state index in [9.17, 15) is 9.59 Å². The Morgan fingerprint density at radius 1 is 1.17 bits per heavy atom. The summed E-state index contributed by atoms with van der Waals surface area (Å²) in [6.07, 6.45) is -1.84. The summed E-state index contributed by atoms with van der Waals surface area (Å²) < 4.78 is 9.62. The van der Waals surface area contributed by atoms with Crippen LogP contribution in [-0.4, -0.2) is 21.2 Å². The summed E-state index contributed by atoms with van der Waals surface area (Å²) in [6.45, 7) is 5.40. The van der Waals surface area contributed by atoms with Crippen molar-refractivity contribution in [3.63, 3.8) is 0 Å². The van der Waals surface area contributed by atoms with Gasteiger partial charge >= 0.3 is 12.2 Å². The lowest BCUT2D eigenvalue weighted by atomic mass is 10.2. The van der Waals surface area contributed by atoms with E-state index < -0.39 is 21.2 Å². The number of amides is 2. The largest absolute Gasteiger partial charge is 0.500 e. The molecule has 0 spiro atoms. The quantitative estimate of drug-likeness (QED) is 0.607. The first-order chi connectivity index (χ1) is 8.47. The highest BCUT2D eigenvalue weighted by Gasteiger charge is 2.08. The zero-order chi connectivity index (χ0) is 13.5. The van der Waals surface area contributed by atoms with Crippen molar-refractivity contribution in [2.45, 2.75) is 20.0 Å². The number of benzene rings is 1. The summed E-state index contributed by atoms with van der Waals surface area (Å²) in [7, 11) is -1.20. The van der Waals surface area contributed by atoms with Crippen molar-refractivity contribution in [1.82, 2.24) is 0 Å². The Kier molecular flexibility index (Phi) is 5.19. The lowest BCUT2D eigenvalue weighted by molar-refractivity contribution is 0.201. The fourth-order valence-corrected chi connectivity index (χ4v) is 1.47. The maximum absolute atomic E-state index is 11.2. The van der Waals surface area contributed by atoms with E-state index in [4.69, 9.17) is 9.16 Å². The van der Waals surface area contributed by atoms with Gasteiger partial charge in [-0.3, -0.25) is 0 Å².